The minimum atomic E-state index is -4.94. The van der Waals surface area contributed by atoms with Crippen LogP contribution in [0.5, 0.6) is 11.5 Å². The molecule has 8 aromatic heterocycles. The molecule has 2 aromatic carbocycles. The van der Waals surface area contributed by atoms with E-state index in [1.165, 1.54) is 26.0 Å². The summed E-state index contributed by atoms with van der Waals surface area (Å²) in [6, 6.07) is 56.4. The van der Waals surface area contributed by atoms with Crippen LogP contribution >= 0.6 is 0 Å². The smallest absolute Gasteiger partial charge is 0.872 e. The molecular formula is C58H46Cl2N12O10Os2. The van der Waals surface area contributed by atoms with Crippen LogP contribution in [-0.2, 0) is 39.6 Å². The van der Waals surface area contributed by atoms with E-state index in [4.69, 9.17) is 58.6 Å². The van der Waals surface area contributed by atoms with Crippen molar-refractivity contribution in [3.63, 3.8) is 0 Å². The van der Waals surface area contributed by atoms with Crippen LogP contribution in [0.3, 0.4) is 0 Å². The Morgan fingerprint density at radius 1 is 0.321 bits per heavy atom. The Morgan fingerprint density at radius 2 is 0.464 bits per heavy atom. The first-order chi connectivity index (χ1) is 39.3. The van der Waals surface area contributed by atoms with Gasteiger partial charge in [0.1, 0.15) is 0 Å². The largest absolute Gasteiger partial charge is 2.00 e. The monoisotopic (exact) mass is 1520 g/mol. The van der Waals surface area contributed by atoms with Gasteiger partial charge in [0.25, 0.3) is 0 Å². The molecule has 8 heterocycles. The second kappa shape index (κ2) is 40.3. The van der Waals surface area contributed by atoms with Gasteiger partial charge in [-0.3, -0.25) is 39.9 Å². The number of pyridine rings is 8. The van der Waals surface area contributed by atoms with E-state index in [1.54, 1.807) is 86.0 Å². The summed E-state index contributed by atoms with van der Waals surface area (Å²) in [5.74, 6) is -0.696. The summed E-state index contributed by atoms with van der Waals surface area (Å²) in [6.45, 7) is 2.86. The van der Waals surface area contributed by atoms with Crippen LogP contribution in [0, 0.1) is 54.0 Å². The average molecular weight is 1520 g/mol. The zero-order chi connectivity index (χ0) is 60.2. The summed E-state index contributed by atoms with van der Waals surface area (Å²) in [4.78, 5) is 33.5. The van der Waals surface area contributed by atoms with Crippen molar-refractivity contribution in [3.05, 3.63) is 243 Å². The van der Waals surface area contributed by atoms with Crippen molar-refractivity contribution < 1.29 is 108 Å². The summed E-state index contributed by atoms with van der Waals surface area (Å²) in [5.41, 5.74) is 7.40. The molecule has 10 aromatic rings. The standard InChI is InChI=1S/C14H10N2O2.4C10H8N2.2C2H3N.2ClHO4.2Os/c15-9-5-6-10(16)12-11(9)13(17)7-3-1-2-4-8(7)14(12)18;4*1-3-7-11-9(5-1)10-6-2-4-8-12-10;2*1-2-3;2*2-1(3,4)5;;/h1-6,15-18H;4*1-8H;2*1H3;2*(H,2,3,4,5);;/q;;;;;;;;;2*+2/p-4. The first kappa shape index (κ1) is 73.1. The predicted octanol–water partition coefficient (Wildman–Crippen LogP) is 1.41. The van der Waals surface area contributed by atoms with Gasteiger partial charge in [0.05, 0.1) is 69.1 Å². The Morgan fingerprint density at radius 3 is 0.595 bits per heavy atom. The van der Waals surface area contributed by atoms with Crippen molar-refractivity contribution in [1.29, 1.82) is 21.3 Å². The number of halogens is 2. The maximum absolute atomic E-state index is 12.3. The Hall–Kier alpha value is -8.91. The number of allylic oxidation sites excluding steroid dienone is 2. The average Bonchev–Trinajstić information content (AvgIpc) is 2.31. The van der Waals surface area contributed by atoms with E-state index in [0.29, 0.717) is 10.8 Å². The molecule has 1 aliphatic carbocycles. The fourth-order valence-corrected chi connectivity index (χ4v) is 6.34. The molecule has 428 valence electrons. The topological polar surface area (TPSA) is 429 Å². The van der Waals surface area contributed by atoms with Gasteiger partial charge in [-0.2, -0.15) is 10.5 Å². The van der Waals surface area contributed by atoms with Gasteiger partial charge >= 0.3 is 39.6 Å². The zero-order valence-electron chi connectivity index (χ0n) is 44.0. The summed E-state index contributed by atoms with van der Waals surface area (Å²) in [5, 5.41) is 55.3. The number of hydrogen-bond acceptors (Lipinski definition) is 22. The second-order valence-corrected chi connectivity index (χ2v) is 16.5. The van der Waals surface area contributed by atoms with E-state index in [-0.39, 0.29) is 73.6 Å². The van der Waals surface area contributed by atoms with Crippen LogP contribution in [0.2, 0.25) is 0 Å². The molecule has 0 atom stereocenters. The number of hydrogen-bond donors (Lipinski definition) is 2. The molecule has 2 N–H and O–H groups in total. The Balaban J connectivity index is 0.000000494. The molecule has 84 heavy (non-hydrogen) atoms. The van der Waals surface area contributed by atoms with Crippen molar-refractivity contribution in [2.24, 2.45) is 0 Å². The van der Waals surface area contributed by atoms with Crippen molar-refractivity contribution in [2.45, 2.75) is 13.8 Å². The number of rotatable bonds is 4. The Bertz CT molecular complexity index is 3020. The second-order valence-electron chi connectivity index (χ2n) is 15.0. The predicted molar refractivity (Wildman–Crippen MR) is 278 cm³/mol. The van der Waals surface area contributed by atoms with Gasteiger partial charge in [-0.05, 0) is 120 Å². The number of benzene rings is 2. The summed E-state index contributed by atoms with van der Waals surface area (Å²) >= 11 is 0. The molecule has 0 amide bonds. The molecule has 0 saturated heterocycles. The van der Waals surface area contributed by atoms with E-state index < -0.39 is 20.5 Å². The van der Waals surface area contributed by atoms with Crippen molar-refractivity contribution in [2.75, 3.05) is 0 Å². The molecule has 0 spiro atoms. The van der Waals surface area contributed by atoms with Crippen LogP contribution < -0.4 is 47.5 Å². The summed E-state index contributed by atoms with van der Waals surface area (Å²) in [7, 11) is -9.89. The van der Waals surface area contributed by atoms with E-state index in [9.17, 15) is 10.2 Å². The number of aromatic nitrogens is 8. The molecule has 0 radical (unpaired) electrons. The fourth-order valence-electron chi connectivity index (χ4n) is 6.34. The van der Waals surface area contributed by atoms with Crippen molar-refractivity contribution >= 4 is 22.2 Å². The number of fused-ring (bicyclic) bond motifs is 2. The third kappa shape index (κ3) is 28.7. The van der Waals surface area contributed by atoms with Crippen LogP contribution in [0.4, 0.5) is 0 Å². The minimum absolute atomic E-state index is 0. The molecular weight excluding hydrogens is 1480 g/mol. The quantitative estimate of drug-likeness (QED) is 0.251. The number of nitrogens with one attached hydrogen (secondary N) is 2. The van der Waals surface area contributed by atoms with Crippen LogP contribution in [0.1, 0.15) is 25.0 Å². The summed E-state index contributed by atoms with van der Waals surface area (Å²) in [6.07, 6.45) is 16.9. The van der Waals surface area contributed by atoms with Gasteiger partial charge in [0.2, 0.25) is 0 Å². The normalized spacial score (nSPS) is 10.1. The molecule has 26 heteroatoms. The molecule has 0 unspecified atom stereocenters. The molecule has 22 nitrogen and oxygen atoms in total. The third-order valence-electron chi connectivity index (χ3n) is 9.44. The molecule has 0 saturated carbocycles. The van der Waals surface area contributed by atoms with Crippen molar-refractivity contribution in [1.82, 2.24) is 39.9 Å². The molecule has 0 aliphatic heterocycles. The van der Waals surface area contributed by atoms with E-state index in [1.807, 2.05) is 146 Å². The van der Waals surface area contributed by atoms with Gasteiger partial charge in [0, 0.05) is 74.5 Å². The van der Waals surface area contributed by atoms with Crippen LogP contribution in [-0.4, -0.2) is 51.3 Å². The van der Waals surface area contributed by atoms with Gasteiger partial charge in [0.15, 0.2) is 0 Å². The number of nitriles is 2. The zero-order valence-corrected chi connectivity index (χ0v) is 50.5. The van der Waals surface area contributed by atoms with E-state index >= 15 is 0 Å². The maximum atomic E-state index is 12.3. The first-order valence-corrected chi connectivity index (χ1v) is 25.7. The van der Waals surface area contributed by atoms with Crippen molar-refractivity contribution in [3.8, 4) is 69.2 Å². The maximum Gasteiger partial charge on any atom is 2.00 e. The SMILES string of the molecule is CC#N.CC#N.N=C1C=CC(=N)c2c1c([O-])c1ccccc1c2[O-].[O-][Cl+3]([O-])([O-])[O-].[O-][Cl+3]([O-])([O-])[O-].[Os+2].[Os+2].c1ccc(-c2ccccn2)nc1.c1ccc(-c2ccccn2)nc1.c1ccc(-c2ccccn2)nc1.c1ccc(-c2ccccn2)nc1. The first-order valence-electron chi connectivity index (χ1n) is 23.2. The third-order valence-corrected chi connectivity index (χ3v) is 9.44. The Kier molecular flexibility index (Phi) is 35.1. The van der Waals surface area contributed by atoms with E-state index in [0.717, 1.165) is 45.6 Å². The van der Waals surface area contributed by atoms with Gasteiger partial charge in [-0.15, -0.1) is 20.5 Å². The Labute approximate surface area is 513 Å². The van der Waals surface area contributed by atoms with Gasteiger partial charge in [-0.25, -0.2) is 37.3 Å². The minimum Gasteiger partial charge on any atom is -0.872 e. The molecule has 0 bridgehead atoms. The molecule has 11 rings (SSSR count). The van der Waals surface area contributed by atoms with Crippen LogP contribution in [0.15, 0.2) is 232 Å². The van der Waals surface area contributed by atoms with Gasteiger partial charge < -0.3 is 21.0 Å². The fraction of sp³-hybridized carbons (Fsp3) is 0.0345. The molecule has 0 fully saturated rings. The summed E-state index contributed by atoms with van der Waals surface area (Å²) < 4.78 is 67.9. The molecule has 1 aliphatic rings. The number of nitrogens with zero attached hydrogens (tertiary/aromatic N) is 10. The van der Waals surface area contributed by atoms with E-state index in [2.05, 4.69) is 39.9 Å². The van der Waals surface area contributed by atoms with Crippen LogP contribution in [0.25, 0.3) is 56.3 Å². The van der Waals surface area contributed by atoms with Gasteiger partial charge in [-0.1, -0.05) is 84.3 Å².